The van der Waals surface area contributed by atoms with Crippen molar-refractivity contribution < 1.29 is 18.0 Å². The van der Waals surface area contributed by atoms with Gasteiger partial charge in [-0.25, -0.2) is 8.42 Å². The van der Waals surface area contributed by atoms with Crippen molar-refractivity contribution in [2.24, 2.45) is 5.92 Å². The highest BCUT2D eigenvalue weighted by Crippen LogP contribution is 2.26. The monoisotopic (exact) mass is 442 g/mol. The molecule has 166 valence electrons. The van der Waals surface area contributed by atoms with Gasteiger partial charge in [-0.05, 0) is 50.8 Å². The standard InChI is InChI=1S/C24H30N2O4S/c1-4-23(19-10-8-17(2)9-11-19)25-24(28)20-12-14-26(15-13-20)31(29,30)22-7-5-6-21(16-22)18(3)27/h5-11,16,20,23H,4,12-15H2,1-3H3,(H,25,28). The molecule has 0 spiro atoms. The third kappa shape index (κ3) is 5.40. The molecule has 0 saturated carbocycles. The van der Waals surface area contributed by atoms with Gasteiger partial charge in [0.25, 0.3) is 0 Å². The van der Waals surface area contributed by atoms with E-state index in [1.54, 1.807) is 12.1 Å². The molecule has 1 amide bonds. The molecule has 0 radical (unpaired) electrons. The van der Waals surface area contributed by atoms with Gasteiger partial charge in [-0.2, -0.15) is 4.31 Å². The lowest BCUT2D eigenvalue weighted by Gasteiger charge is -2.31. The fourth-order valence-corrected chi connectivity index (χ4v) is 5.41. The number of piperidine rings is 1. The lowest BCUT2D eigenvalue weighted by Crippen LogP contribution is -2.43. The zero-order valence-electron chi connectivity index (χ0n) is 18.3. The molecule has 2 aromatic rings. The van der Waals surface area contributed by atoms with Gasteiger partial charge in [-0.3, -0.25) is 9.59 Å². The third-order valence-electron chi connectivity index (χ3n) is 5.91. The van der Waals surface area contributed by atoms with Crippen LogP contribution < -0.4 is 5.32 Å². The van der Waals surface area contributed by atoms with E-state index in [0.29, 0.717) is 18.4 Å². The number of nitrogens with one attached hydrogen (secondary N) is 1. The quantitative estimate of drug-likeness (QED) is 0.660. The van der Waals surface area contributed by atoms with E-state index in [1.165, 1.54) is 28.9 Å². The summed E-state index contributed by atoms with van der Waals surface area (Å²) in [6, 6.07) is 14.2. The Kier molecular flexibility index (Phi) is 7.28. The molecule has 1 unspecified atom stereocenters. The van der Waals surface area contributed by atoms with Crippen LogP contribution in [0.25, 0.3) is 0 Å². The van der Waals surface area contributed by atoms with E-state index < -0.39 is 10.0 Å². The highest BCUT2D eigenvalue weighted by atomic mass is 32.2. The molecule has 2 aromatic carbocycles. The van der Waals surface area contributed by atoms with Crippen molar-refractivity contribution in [3.05, 3.63) is 65.2 Å². The molecule has 6 nitrogen and oxygen atoms in total. The predicted octanol–water partition coefficient (Wildman–Crippen LogP) is 3.87. The summed E-state index contributed by atoms with van der Waals surface area (Å²) in [6.07, 6.45) is 1.73. The molecule has 0 aromatic heterocycles. The van der Waals surface area contributed by atoms with Crippen molar-refractivity contribution in [1.29, 1.82) is 0 Å². The number of ketones is 1. The fraction of sp³-hybridized carbons (Fsp3) is 0.417. The summed E-state index contributed by atoms with van der Waals surface area (Å²) in [5, 5.41) is 3.13. The van der Waals surface area contributed by atoms with Crippen LogP contribution >= 0.6 is 0 Å². The van der Waals surface area contributed by atoms with E-state index in [-0.39, 0.29) is 41.6 Å². The Morgan fingerprint density at radius 2 is 1.74 bits per heavy atom. The minimum absolute atomic E-state index is 0.0250. The summed E-state index contributed by atoms with van der Waals surface area (Å²) >= 11 is 0. The van der Waals surface area contributed by atoms with Crippen molar-refractivity contribution in [3.63, 3.8) is 0 Å². The van der Waals surface area contributed by atoms with Gasteiger partial charge >= 0.3 is 0 Å². The number of hydrogen-bond donors (Lipinski definition) is 1. The molecule has 1 aliphatic heterocycles. The summed E-state index contributed by atoms with van der Waals surface area (Å²) in [6.45, 7) is 6.05. The number of rotatable bonds is 7. The normalized spacial score (nSPS) is 16.6. The summed E-state index contributed by atoms with van der Waals surface area (Å²) in [4.78, 5) is 24.6. The Hall–Kier alpha value is -2.51. The van der Waals surface area contributed by atoms with Crippen LogP contribution in [0, 0.1) is 12.8 Å². The van der Waals surface area contributed by atoms with Crippen molar-refractivity contribution >= 4 is 21.7 Å². The van der Waals surface area contributed by atoms with Crippen LogP contribution in [-0.2, 0) is 14.8 Å². The molecular formula is C24H30N2O4S. The molecule has 1 N–H and O–H groups in total. The first-order chi connectivity index (χ1) is 14.7. The van der Waals surface area contributed by atoms with E-state index in [9.17, 15) is 18.0 Å². The highest BCUT2D eigenvalue weighted by Gasteiger charge is 2.33. The molecule has 1 fully saturated rings. The molecule has 1 atom stereocenters. The number of Topliss-reactive ketones (excluding diaryl/α,β-unsaturated/α-hetero) is 1. The number of aryl methyl sites for hydroxylation is 1. The first kappa shape index (κ1) is 23.2. The number of sulfonamides is 1. The molecule has 31 heavy (non-hydrogen) atoms. The molecule has 1 saturated heterocycles. The SMILES string of the molecule is CCC(NC(=O)C1CCN(S(=O)(=O)c2cccc(C(C)=O)c2)CC1)c1ccc(C)cc1. The number of carbonyl (C=O) groups is 2. The topological polar surface area (TPSA) is 83.6 Å². The highest BCUT2D eigenvalue weighted by molar-refractivity contribution is 7.89. The predicted molar refractivity (Wildman–Crippen MR) is 120 cm³/mol. The molecule has 0 bridgehead atoms. The van der Waals surface area contributed by atoms with Gasteiger partial charge in [0.1, 0.15) is 0 Å². The second-order valence-electron chi connectivity index (χ2n) is 8.14. The maximum absolute atomic E-state index is 13.0. The Balaban J connectivity index is 1.63. The zero-order chi connectivity index (χ0) is 22.6. The molecule has 1 aliphatic rings. The second-order valence-corrected chi connectivity index (χ2v) is 10.1. The second kappa shape index (κ2) is 9.75. The Morgan fingerprint density at radius 1 is 1.10 bits per heavy atom. The number of hydrogen-bond acceptors (Lipinski definition) is 4. The van der Waals surface area contributed by atoms with E-state index in [2.05, 4.69) is 5.32 Å². The summed E-state index contributed by atoms with van der Waals surface area (Å²) in [7, 11) is -3.69. The van der Waals surface area contributed by atoms with Crippen LogP contribution in [0.1, 0.15) is 60.6 Å². The molecule has 1 heterocycles. The van der Waals surface area contributed by atoms with Crippen molar-refractivity contribution in [2.75, 3.05) is 13.1 Å². The maximum Gasteiger partial charge on any atom is 0.243 e. The van der Waals surface area contributed by atoms with Gasteiger partial charge in [0.05, 0.1) is 10.9 Å². The number of carbonyl (C=O) groups excluding carboxylic acids is 2. The average Bonchev–Trinajstić information content (AvgIpc) is 2.78. The van der Waals surface area contributed by atoms with Gasteiger partial charge < -0.3 is 5.32 Å². The summed E-state index contributed by atoms with van der Waals surface area (Å²) in [5.74, 6) is -0.413. The fourth-order valence-electron chi connectivity index (χ4n) is 3.89. The Bertz CT molecular complexity index is 1040. The summed E-state index contributed by atoms with van der Waals surface area (Å²) < 4.78 is 27.4. The lowest BCUT2D eigenvalue weighted by molar-refractivity contribution is -0.126. The van der Waals surface area contributed by atoms with Crippen LogP contribution in [0.2, 0.25) is 0 Å². The van der Waals surface area contributed by atoms with Crippen LogP contribution in [0.3, 0.4) is 0 Å². The van der Waals surface area contributed by atoms with Gasteiger partial charge in [0, 0.05) is 24.6 Å². The summed E-state index contributed by atoms with van der Waals surface area (Å²) in [5.41, 5.74) is 2.62. The van der Waals surface area contributed by atoms with Gasteiger partial charge in [0.15, 0.2) is 5.78 Å². The van der Waals surface area contributed by atoms with E-state index in [0.717, 1.165) is 12.0 Å². The first-order valence-corrected chi connectivity index (χ1v) is 12.1. The van der Waals surface area contributed by atoms with Crippen LogP contribution in [0.15, 0.2) is 53.4 Å². The molecular weight excluding hydrogens is 412 g/mol. The molecule has 3 rings (SSSR count). The molecule has 0 aliphatic carbocycles. The third-order valence-corrected chi connectivity index (χ3v) is 7.80. The Labute approximate surface area is 184 Å². The number of benzene rings is 2. The van der Waals surface area contributed by atoms with Crippen molar-refractivity contribution in [3.8, 4) is 0 Å². The van der Waals surface area contributed by atoms with E-state index in [4.69, 9.17) is 0 Å². The average molecular weight is 443 g/mol. The van der Waals surface area contributed by atoms with Crippen molar-refractivity contribution in [2.45, 2.75) is 51.0 Å². The smallest absolute Gasteiger partial charge is 0.243 e. The van der Waals surface area contributed by atoms with Crippen molar-refractivity contribution in [1.82, 2.24) is 9.62 Å². The maximum atomic E-state index is 13.0. The van der Waals surface area contributed by atoms with Crippen LogP contribution in [0.5, 0.6) is 0 Å². The number of amides is 1. The lowest BCUT2D eigenvalue weighted by atomic mass is 9.95. The van der Waals surface area contributed by atoms with Crippen LogP contribution in [-0.4, -0.2) is 37.5 Å². The van der Waals surface area contributed by atoms with Gasteiger partial charge in [0.2, 0.25) is 15.9 Å². The number of nitrogens with zero attached hydrogens (tertiary/aromatic N) is 1. The molecule has 7 heteroatoms. The van der Waals surface area contributed by atoms with Gasteiger partial charge in [-0.15, -0.1) is 0 Å². The minimum atomic E-state index is -3.69. The minimum Gasteiger partial charge on any atom is -0.349 e. The van der Waals surface area contributed by atoms with E-state index >= 15 is 0 Å². The van der Waals surface area contributed by atoms with E-state index in [1.807, 2.05) is 38.1 Å². The zero-order valence-corrected chi connectivity index (χ0v) is 19.1. The van der Waals surface area contributed by atoms with Gasteiger partial charge in [-0.1, -0.05) is 48.9 Å². The first-order valence-electron chi connectivity index (χ1n) is 10.7. The largest absolute Gasteiger partial charge is 0.349 e. The Morgan fingerprint density at radius 3 is 2.32 bits per heavy atom. The van der Waals surface area contributed by atoms with Crippen LogP contribution in [0.4, 0.5) is 0 Å².